The quantitative estimate of drug-likeness (QED) is 0.828. The summed E-state index contributed by atoms with van der Waals surface area (Å²) in [5, 5.41) is 2.51. The van der Waals surface area contributed by atoms with E-state index in [1.807, 2.05) is 0 Å². The molecule has 1 N–H and O–H groups in total. The minimum Gasteiger partial charge on any atom is -0.493 e. The summed E-state index contributed by atoms with van der Waals surface area (Å²) in [4.78, 5) is 38.6. The number of thioether (sulfide) groups is 1. The zero-order valence-electron chi connectivity index (χ0n) is 14.6. The molecule has 3 rings (SSSR count). The second-order valence-corrected chi connectivity index (χ2v) is 6.65. The van der Waals surface area contributed by atoms with Crippen molar-refractivity contribution in [2.45, 2.75) is 6.04 Å². The van der Waals surface area contributed by atoms with Gasteiger partial charge < -0.3 is 24.4 Å². The Morgan fingerprint density at radius 3 is 2.19 bits per heavy atom. The number of likely N-dealkylation sites (tertiary alicyclic amines) is 1. The lowest BCUT2D eigenvalue weighted by Gasteiger charge is -2.42. The summed E-state index contributed by atoms with van der Waals surface area (Å²) in [6.45, 7) is 0.628. The smallest absolute Gasteiger partial charge is 0.321 e. The van der Waals surface area contributed by atoms with Crippen molar-refractivity contribution in [3.63, 3.8) is 0 Å². The number of anilines is 1. The molecule has 0 saturated carbocycles. The average Bonchev–Trinajstić information content (AvgIpc) is 2.92. The first-order valence-electron chi connectivity index (χ1n) is 7.83. The number of ether oxygens (including phenoxy) is 3. The summed E-state index contributed by atoms with van der Waals surface area (Å²) in [5.41, 5.74) is 0.483. The largest absolute Gasteiger partial charge is 0.493 e. The summed E-state index contributed by atoms with van der Waals surface area (Å²) < 4.78 is 15.8. The Balaban J connectivity index is 1.64. The number of nitrogens with zero attached hydrogens (tertiary/aromatic N) is 2. The topological polar surface area (TPSA) is 97.4 Å². The number of imide groups is 1. The van der Waals surface area contributed by atoms with E-state index in [1.54, 1.807) is 12.1 Å². The molecule has 2 aliphatic heterocycles. The summed E-state index contributed by atoms with van der Waals surface area (Å²) in [7, 11) is 4.48. The van der Waals surface area contributed by atoms with Crippen LogP contribution in [-0.2, 0) is 4.79 Å². The molecule has 0 bridgehead atoms. The van der Waals surface area contributed by atoms with Crippen molar-refractivity contribution in [2.75, 3.05) is 45.5 Å². The van der Waals surface area contributed by atoms with E-state index >= 15 is 0 Å². The first kappa shape index (κ1) is 18.2. The third kappa shape index (κ3) is 3.24. The maximum Gasteiger partial charge on any atom is 0.321 e. The minimum absolute atomic E-state index is 0.174. The lowest BCUT2D eigenvalue weighted by atomic mass is 10.1. The van der Waals surface area contributed by atoms with Gasteiger partial charge in [-0.15, -0.1) is 0 Å². The van der Waals surface area contributed by atoms with Gasteiger partial charge in [0.1, 0.15) is 0 Å². The number of methoxy groups -OCH3 is 3. The van der Waals surface area contributed by atoms with E-state index in [-0.39, 0.29) is 29.0 Å². The third-order valence-electron chi connectivity index (χ3n) is 4.22. The highest BCUT2D eigenvalue weighted by atomic mass is 32.2. The highest BCUT2D eigenvalue weighted by Gasteiger charge is 2.43. The van der Waals surface area contributed by atoms with Crippen LogP contribution in [0.5, 0.6) is 17.2 Å². The molecule has 0 aromatic heterocycles. The molecule has 2 aliphatic rings. The van der Waals surface area contributed by atoms with Crippen molar-refractivity contribution in [2.24, 2.45) is 0 Å². The van der Waals surface area contributed by atoms with E-state index < -0.39 is 0 Å². The fourth-order valence-corrected chi connectivity index (χ4v) is 3.63. The first-order valence-corrected chi connectivity index (χ1v) is 8.81. The van der Waals surface area contributed by atoms with Crippen molar-refractivity contribution in [3.8, 4) is 17.2 Å². The maximum absolute atomic E-state index is 12.4. The number of hydrogen-bond donors (Lipinski definition) is 1. The normalized spacial score (nSPS) is 17.2. The van der Waals surface area contributed by atoms with Crippen LogP contribution in [0.3, 0.4) is 0 Å². The van der Waals surface area contributed by atoms with Crippen molar-refractivity contribution in [1.29, 1.82) is 0 Å². The molecule has 9 nitrogen and oxygen atoms in total. The fourth-order valence-electron chi connectivity index (χ4n) is 2.86. The lowest BCUT2D eigenvalue weighted by molar-refractivity contribution is -0.128. The van der Waals surface area contributed by atoms with Crippen molar-refractivity contribution in [3.05, 3.63) is 12.1 Å². The monoisotopic (exact) mass is 381 g/mol. The predicted octanol–water partition coefficient (Wildman–Crippen LogP) is 1.62. The molecule has 2 heterocycles. The van der Waals surface area contributed by atoms with Crippen molar-refractivity contribution in [1.82, 2.24) is 9.80 Å². The Morgan fingerprint density at radius 1 is 1.12 bits per heavy atom. The molecule has 140 valence electrons. The molecular formula is C16H19N3O6S. The third-order valence-corrected chi connectivity index (χ3v) is 5.05. The van der Waals surface area contributed by atoms with Gasteiger partial charge in [0.05, 0.1) is 38.8 Å². The molecule has 26 heavy (non-hydrogen) atoms. The van der Waals surface area contributed by atoms with E-state index in [4.69, 9.17) is 14.2 Å². The molecule has 1 aromatic rings. The highest BCUT2D eigenvalue weighted by Crippen LogP contribution is 2.40. The van der Waals surface area contributed by atoms with Gasteiger partial charge in [0.2, 0.25) is 11.7 Å². The van der Waals surface area contributed by atoms with E-state index in [2.05, 4.69) is 5.32 Å². The van der Waals surface area contributed by atoms with Crippen LogP contribution in [0.2, 0.25) is 0 Å². The predicted molar refractivity (Wildman–Crippen MR) is 95.2 cm³/mol. The summed E-state index contributed by atoms with van der Waals surface area (Å²) in [6, 6.07) is 2.67. The molecule has 0 radical (unpaired) electrons. The van der Waals surface area contributed by atoms with Crippen molar-refractivity contribution >= 4 is 34.6 Å². The second kappa shape index (κ2) is 7.32. The standard InChI is InChI=1S/C16H19N3O6S/c1-23-11-4-9(5-12(24-2)14(11)25-3)17-15(21)18-6-10(7-18)19-13(20)8-26-16(19)22/h4-5,10H,6-8H2,1-3H3,(H,17,21). The Morgan fingerprint density at radius 2 is 1.73 bits per heavy atom. The number of amides is 4. The van der Waals surface area contributed by atoms with E-state index in [0.717, 1.165) is 11.8 Å². The molecule has 4 amide bonds. The number of carbonyl (C=O) groups excluding carboxylic acids is 3. The van der Waals surface area contributed by atoms with Crippen LogP contribution in [0.1, 0.15) is 0 Å². The second-order valence-electron chi connectivity index (χ2n) is 5.72. The summed E-state index contributed by atoms with van der Waals surface area (Å²) >= 11 is 0.994. The molecule has 2 saturated heterocycles. The summed E-state index contributed by atoms with van der Waals surface area (Å²) in [5.74, 6) is 1.26. The number of urea groups is 1. The molecule has 0 spiro atoms. The Kier molecular flexibility index (Phi) is 5.12. The van der Waals surface area contributed by atoms with Crippen LogP contribution in [-0.4, -0.2) is 73.2 Å². The number of nitrogens with one attached hydrogen (secondary N) is 1. The zero-order chi connectivity index (χ0) is 18.8. The molecular weight excluding hydrogens is 362 g/mol. The average molecular weight is 381 g/mol. The van der Waals surface area contributed by atoms with Gasteiger partial charge in [-0.3, -0.25) is 14.5 Å². The number of benzene rings is 1. The van der Waals surface area contributed by atoms with Gasteiger partial charge in [0.25, 0.3) is 5.24 Å². The van der Waals surface area contributed by atoms with Gasteiger partial charge in [-0.1, -0.05) is 11.8 Å². The molecule has 0 unspecified atom stereocenters. The SMILES string of the molecule is COc1cc(NC(=O)N2CC(N3C(=O)CSC3=O)C2)cc(OC)c1OC. The van der Waals surface area contributed by atoms with Crippen LogP contribution >= 0.6 is 11.8 Å². The number of carbonyl (C=O) groups is 3. The zero-order valence-corrected chi connectivity index (χ0v) is 15.4. The van der Waals surface area contributed by atoms with Gasteiger partial charge >= 0.3 is 6.03 Å². The molecule has 10 heteroatoms. The van der Waals surface area contributed by atoms with E-state index in [9.17, 15) is 14.4 Å². The van der Waals surface area contributed by atoms with Gasteiger partial charge in [-0.2, -0.15) is 0 Å². The van der Waals surface area contributed by atoms with E-state index in [0.29, 0.717) is 36.0 Å². The van der Waals surface area contributed by atoms with Gasteiger partial charge in [0, 0.05) is 25.2 Å². The van der Waals surface area contributed by atoms with Crippen LogP contribution in [0.4, 0.5) is 15.3 Å². The summed E-state index contributed by atoms with van der Waals surface area (Å²) in [6.07, 6.45) is 0. The Labute approximate surface area is 154 Å². The van der Waals surface area contributed by atoms with Gasteiger partial charge in [0.15, 0.2) is 11.5 Å². The van der Waals surface area contributed by atoms with Crippen molar-refractivity contribution < 1.29 is 28.6 Å². The Hall–Kier alpha value is -2.62. The van der Waals surface area contributed by atoms with Crippen LogP contribution < -0.4 is 19.5 Å². The van der Waals surface area contributed by atoms with Gasteiger partial charge in [-0.25, -0.2) is 4.79 Å². The molecule has 0 atom stereocenters. The number of rotatable bonds is 5. The first-order chi connectivity index (χ1) is 12.5. The lowest BCUT2D eigenvalue weighted by Crippen LogP contribution is -2.62. The fraction of sp³-hybridized carbons (Fsp3) is 0.438. The van der Waals surface area contributed by atoms with Gasteiger partial charge in [-0.05, 0) is 0 Å². The van der Waals surface area contributed by atoms with E-state index in [1.165, 1.54) is 31.1 Å². The van der Waals surface area contributed by atoms with Crippen LogP contribution in [0.25, 0.3) is 0 Å². The molecule has 2 fully saturated rings. The molecule has 1 aromatic carbocycles. The molecule has 0 aliphatic carbocycles. The Bertz CT molecular complexity index is 708. The minimum atomic E-state index is -0.331. The van der Waals surface area contributed by atoms with Crippen LogP contribution in [0.15, 0.2) is 12.1 Å². The highest BCUT2D eigenvalue weighted by molar-refractivity contribution is 8.14. The van der Waals surface area contributed by atoms with Crippen LogP contribution in [0, 0.1) is 0 Å². The maximum atomic E-state index is 12.4. The number of hydrogen-bond acceptors (Lipinski definition) is 7.